The molecule has 0 aliphatic carbocycles. The lowest BCUT2D eigenvalue weighted by Gasteiger charge is -2.16. The summed E-state index contributed by atoms with van der Waals surface area (Å²) in [7, 11) is 0. The van der Waals surface area contributed by atoms with Gasteiger partial charge >= 0.3 is 12.4 Å². The van der Waals surface area contributed by atoms with Crippen LogP contribution in [0.5, 0.6) is 0 Å². The fraction of sp³-hybridized carbons (Fsp3) is 0.176. The third-order valence-electron chi connectivity index (χ3n) is 3.77. The van der Waals surface area contributed by atoms with E-state index in [1.54, 1.807) is 19.1 Å². The summed E-state index contributed by atoms with van der Waals surface area (Å²) in [5.74, 6) is 0. The Morgan fingerprint density at radius 1 is 0.840 bits per heavy atom. The molecule has 0 unspecified atom stereocenters. The molecule has 2 aromatic carbocycles. The van der Waals surface area contributed by atoms with Crippen LogP contribution in [-0.2, 0) is 12.4 Å². The molecule has 0 bridgehead atoms. The number of aryl methyl sites for hydroxylation is 1. The van der Waals surface area contributed by atoms with Gasteiger partial charge in [-0.25, -0.2) is 9.97 Å². The first kappa shape index (κ1) is 17.2. The summed E-state index contributed by atoms with van der Waals surface area (Å²) in [5.41, 5.74) is -1.69. The van der Waals surface area contributed by atoms with Crippen LogP contribution in [0.15, 0.2) is 42.9 Å². The summed E-state index contributed by atoms with van der Waals surface area (Å²) in [4.78, 5) is 7.82. The standard InChI is InChI=1S/C17H10F6N2/c1-9-2-3-14-13(7-24-8-25-14)15(9)10-4-11(16(18,19)20)6-12(5-10)17(21,22)23/h2-8H,1H3. The van der Waals surface area contributed by atoms with E-state index in [0.29, 0.717) is 28.6 Å². The molecule has 1 aromatic heterocycles. The van der Waals surface area contributed by atoms with Crippen molar-refractivity contribution in [1.29, 1.82) is 0 Å². The molecule has 0 radical (unpaired) electrons. The van der Waals surface area contributed by atoms with E-state index < -0.39 is 23.5 Å². The Morgan fingerprint density at radius 2 is 1.44 bits per heavy atom. The second-order valence-electron chi connectivity index (χ2n) is 5.51. The summed E-state index contributed by atoms with van der Waals surface area (Å²) in [6, 6.07) is 4.76. The molecule has 25 heavy (non-hydrogen) atoms. The zero-order valence-electron chi connectivity index (χ0n) is 12.7. The third kappa shape index (κ3) is 3.29. The maximum atomic E-state index is 13.1. The van der Waals surface area contributed by atoms with E-state index in [4.69, 9.17) is 0 Å². The predicted molar refractivity (Wildman–Crippen MR) is 79.7 cm³/mol. The van der Waals surface area contributed by atoms with Gasteiger partial charge in [-0.3, -0.25) is 0 Å². The largest absolute Gasteiger partial charge is 0.416 e. The van der Waals surface area contributed by atoms with Crippen molar-refractivity contribution in [3.05, 3.63) is 59.5 Å². The third-order valence-corrected chi connectivity index (χ3v) is 3.77. The zero-order chi connectivity index (χ0) is 18.4. The monoisotopic (exact) mass is 356 g/mol. The van der Waals surface area contributed by atoms with Gasteiger partial charge in [-0.2, -0.15) is 26.3 Å². The lowest BCUT2D eigenvalue weighted by Crippen LogP contribution is -2.11. The normalized spacial score (nSPS) is 12.6. The van der Waals surface area contributed by atoms with Gasteiger partial charge in [-0.15, -0.1) is 0 Å². The summed E-state index contributed by atoms with van der Waals surface area (Å²) in [6.07, 6.45) is -7.16. The first-order valence-corrected chi connectivity index (χ1v) is 7.06. The molecule has 0 fully saturated rings. The summed E-state index contributed by atoms with van der Waals surface area (Å²) in [5, 5.41) is 0.384. The predicted octanol–water partition coefficient (Wildman–Crippen LogP) is 5.64. The van der Waals surface area contributed by atoms with E-state index in [9.17, 15) is 26.3 Å². The van der Waals surface area contributed by atoms with E-state index in [2.05, 4.69) is 9.97 Å². The Morgan fingerprint density at radius 3 is 2.00 bits per heavy atom. The van der Waals surface area contributed by atoms with Crippen molar-refractivity contribution in [3.8, 4) is 11.1 Å². The van der Waals surface area contributed by atoms with Crippen molar-refractivity contribution < 1.29 is 26.3 Å². The van der Waals surface area contributed by atoms with Crippen LogP contribution in [0.2, 0.25) is 0 Å². The number of nitrogens with zero attached hydrogens (tertiary/aromatic N) is 2. The first-order chi connectivity index (χ1) is 11.6. The fourth-order valence-corrected chi connectivity index (χ4v) is 2.65. The number of rotatable bonds is 1. The molecule has 0 N–H and O–H groups in total. The van der Waals surface area contributed by atoms with Crippen molar-refractivity contribution in [2.45, 2.75) is 19.3 Å². The SMILES string of the molecule is Cc1ccc2ncncc2c1-c1cc(C(F)(F)F)cc(C(F)(F)F)c1. The number of hydrogen-bond donors (Lipinski definition) is 0. The average molecular weight is 356 g/mol. The minimum absolute atomic E-state index is 0.112. The van der Waals surface area contributed by atoms with Crippen LogP contribution >= 0.6 is 0 Å². The van der Waals surface area contributed by atoms with Gasteiger partial charge in [0, 0.05) is 11.6 Å². The van der Waals surface area contributed by atoms with Crippen molar-refractivity contribution in [3.63, 3.8) is 0 Å². The minimum Gasteiger partial charge on any atom is -0.244 e. The lowest BCUT2D eigenvalue weighted by molar-refractivity contribution is -0.143. The first-order valence-electron chi connectivity index (χ1n) is 7.06. The number of benzene rings is 2. The van der Waals surface area contributed by atoms with Gasteiger partial charge in [0.25, 0.3) is 0 Å². The smallest absolute Gasteiger partial charge is 0.244 e. The van der Waals surface area contributed by atoms with Crippen molar-refractivity contribution in [1.82, 2.24) is 9.97 Å². The van der Waals surface area contributed by atoms with Crippen LogP contribution in [0.1, 0.15) is 16.7 Å². The number of alkyl halides is 6. The van der Waals surface area contributed by atoms with Gasteiger partial charge in [0.2, 0.25) is 0 Å². The molecule has 2 nitrogen and oxygen atoms in total. The molecule has 0 saturated heterocycles. The molecule has 8 heteroatoms. The molecular formula is C17H10F6N2. The second kappa shape index (κ2) is 5.72. The van der Waals surface area contributed by atoms with Gasteiger partial charge in [0.1, 0.15) is 6.33 Å². The Hall–Kier alpha value is -2.64. The van der Waals surface area contributed by atoms with E-state index in [1.807, 2.05) is 0 Å². The highest BCUT2D eigenvalue weighted by Crippen LogP contribution is 2.40. The van der Waals surface area contributed by atoms with Gasteiger partial charge in [0.15, 0.2) is 0 Å². The molecule has 0 aliphatic rings. The highest BCUT2D eigenvalue weighted by Gasteiger charge is 2.37. The highest BCUT2D eigenvalue weighted by atomic mass is 19.4. The van der Waals surface area contributed by atoms with E-state index >= 15 is 0 Å². The second-order valence-corrected chi connectivity index (χ2v) is 5.51. The summed E-state index contributed by atoms with van der Waals surface area (Å²) in [6.45, 7) is 1.61. The number of hydrogen-bond acceptors (Lipinski definition) is 2. The summed E-state index contributed by atoms with van der Waals surface area (Å²) < 4.78 is 78.4. The number of halogens is 6. The van der Waals surface area contributed by atoms with Crippen molar-refractivity contribution in [2.24, 2.45) is 0 Å². The van der Waals surface area contributed by atoms with E-state index in [-0.39, 0.29) is 17.2 Å². The Balaban J connectivity index is 2.36. The van der Waals surface area contributed by atoms with Crippen LogP contribution in [-0.4, -0.2) is 9.97 Å². The minimum atomic E-state index is -4.90. The van der Waals surface area contributed by atoms with E-state index in [0.717, 1.165) is 0 Å². The highest BCUT2D eigenvalue weighted by molar-refractivity contribution is 5.96. The molecule has 3 rings (SSSR count). The van der Waals surface area contributed by atoms with Gasteiger partial charge in [-0.1, -0.05) is 6.07 Å². The van der Waals surface area contributed by atoms with Gasteiger partial charge < -0.3 is 0 Å². The number of fused-ring (bicyclic) bond motifs is 1. The van der Waals surface area contributed by atoms with Crippen LogP contribution < -0.4 is 0 Å². The molecule has 1 heterocycles. The quantitative estimate of drug-likeness (QED) is 0.527. The number of aromatic nitrogens is 2. The lowest BCUT2D eigenvalue weighted by atomic mass is 9.93. The fourth-order valence-electron chi connectivity index (χ4n) is 2.65. The Bertz CT molecular complexity index is 912. The van der Waals surface area contributed by atoms with Gasteiger partial charge in [-0.05, 0) is 47.9 Å². The van der Waals surface area contributed by atoms with Crippen molar-refractivity contribution >= 4 is 10.9 Å². The maximum Gasteiger partial charge on any atom is 0.416 e. The summed E-state index contributed by atoms with van der Waals surface area (Å²) >= 11 is 0. The molecule has 3 aromatic rings. The molecule has 0 atom stereocenters. The molecule has 0 spiro atoms. The Kier molecular flexibility index (Phi) is 3.93. The zero-order valence-corrected chi connectivity index (χ0v) is 12.7. The van der Waals surface area contributed by atoms with Crippen LogP contribution in [0.25, 0.3) is 22.0 Å². The Labute approximate surface area is 138 Å². The molecule has 0 saturated carbocycles. The van der Waals surface area contributed by atoms with Crippen LogP contribution in [0, 0.1) is 6.92 Å². The van der Waals surface area contributed by atoms with E-state index in [1.165, 1.54) is 12.5 Å². The molecule has 130 valence electrons. The van der Waals surface area contributed by atoms with Crippen molar-refractivity contribution in [2.75, 3.05) is 0 Å². The maximum absolute atomic E-state index is 13.1. The molecule has 0 amide bonds. The molecular weight excluding hydrogens is 346 g/mol. The van der Waals surface area contributed by atoms with Gasteiger partial charge in [0.05, 0.1) is 16.6 Å². The topological polar surface area (TPSA) is 25.8 Å². The molecule has 0 aliphatic heterocycles. The van der Waals surface area contributed by atoms with Crippen LogP contribution in [0.4, 0.5) is 26.3 Å². The average Bonchev–Trinajstić information content (AvgIpc) is 2.52. The van der Waals surface area contributed by atoms with Crippen LogP contribution in [0.3, 0.4) is 0 Å².